The van der Waals surface area contributed by atoms with E-state index < -0.39 is 0 Å². The maximum absolute atomic E-state index is 12.6. The van der Waals surface area contributed by atoms with Crippen molar-refractivity contribution in [3.63, 3.8) is 0 Å². The van der Waals surface area contributed by atoms with E-state index in [9.17, 15) is 4.79 Å². The van der Waals surface area contributed by atoms with Crippen LogP contribution in [0.5, 0.6) is 0 Å². The molecule has 4 rings (SSSR count). The molecule has 2 fully saturated rings. The number of halogens is 1. The lowest BCUT2D eigenvalue weighted by atomic mass is 9.54. The van der Waals surface area contributed by atoms with E-state index in [1.165, 1.54) is 24.0 Å². The molecule has 1 aromatic rings. The van der Waals surface area contributed by atoms with Crippen LogP contribution < -0.4 is 0 Å². The first-order valence-corrected chi connectivity index (χ1v) is 11.9. The van der Waals surface area contributed by atoms with Gasteiger partial charge in [-0.2, -0.15) is 0 Å². The largest absolute Gasteiger partial charge is 0.343 e. The molecule has 0 radical (unpaired) electrons. The van der Waals surface area contributed by atoms with Crippen LogP contribution in [0.4, 0.5) is 0 Å². The average Bonchev–Trinajstić information content (AvgIpc) is 2.97. The molecule has 0 spiro atoms. The van der Waals surface area contributed by atoms with E-state index in [4.69, 9.17) is 17.0 Å². The summed E-state index contributed by atoms with van der Waals surface area (Å²) in [6.07, 6.45) is 7.06. The third-order valence-corrected chi connectivity index (χ3v) is 8.68. The summed E-state index contributed by atoms with van der Waals surface area (Å²) in [6.45, 7) is 8.05. The van der Waals surface area contributed by atoms with Crippen LogP contribution in [0, 0.1) is 28.6 Å². The van der Waals surface area contributed by atoms with Gasteiger partial charge in [0, 0.05) is 35.7 Å². The van der Waals surface area contributed by atoms with Gasteiger partial charge >= 0.3 is 0 Å². The van der Waals surface area contributed by atoms with E-state index in [0.29, 0.717) is 30.1 Å². The summed E-state index contributed by atoms with van der Waals surface area (Å²) >= 11 is 6.26. The number of benzene rings is 1. The molecule has 29 heavy (non-hydrogen) atoms. The molecule has 0 saturated heterocycles. The van der Waals surface area contributed by atoms with Crippen molar-refractivity contribution in [1.29, 1.82) is 5.41 Å². The Morgan fingerprint density at radius 1 is 1.28 bits per heavy atom. The summed E-state index contributed by atoms with van der Waals surface area (Å²) in [5, 5.41) is 9.66. The zero-order valence-electron chi connectivity index (χ0n) is 18.1. The van der Waals surface area contributed by atoms with Crippen LogP contribution in [0.2, 0.25) is 5.02 Å². The number of nitrogens with zero attached hydrogens (tertiary/aromatic N) is 1. The van der Waals surface area contributed by atoms with Crippen LogP contribution in [0.3, 0.4) is 0 Å². The molecule has 3 aliphatic rings. The van der Waals surface area contributed by atoms with Crippen molar-refractivity contribution in [1.82, 2.24) is 4.90 Å². The second kappa shape index (κ2) is 8.06. The van der Waals surface area contributed by atoms with Gasteiger partial charge in [0.25, 0.3) is 0 Å². The highest BCUT2D eigenvalue weighted by atomic mass is 35.5. The van der Waals surface area contributed by atoms with E-state index in [2.05, 4.69) is 32.9 Å². The quantitative estimate of drug-likeness (QED) is 0.622. The molecule has 5 atom stereocenters. The zero-order valence-corrected chi connectivity index (χ0v) is 18.9. The Balaban J connectivity index is 1.57. The number of amides is 1. The molecule has 0 aliphatic heterocycles. The minimum atomic E-state index is 0.0357. The number of rotatable bonds is 5. The fraction of sp³-hybridized carbons (Fsp3) is 0.680. The second-order valence-corrected chi connectivity index (χ2v) is 10.1. The monoisotopic (exact) mass is 414 g/mol. The Morgan fingerprint density at radius 3 is 2.76 bits per heavy atom. The lowest BCUT2D eigenvalue weighted by Gasteiger charge is -2.50. The SMILES string of the molecule is CCN(CC)C(=O)CC[C@@H]1CC(=N)[C@@]2(C)CCC3c4ccc(Cl)cc4CCC3C12. The third kappa shape index (κ3) is 3.54. The molecule has 4 heteroatoms. The fourth-order valence-corrected chi connectivity index (χ4v) is 7.16. The Labute approximate surface area is 180 Å². The summed E-state index contributed by atoms with van der Waals surface area (Å²) in [4.78, 5) is 14.6. The number of carbonyl (C=O) groups excluding carboxylic acids is 1. The van der Waals surface area contributed by atoms with E-state index in [1.807, 2.05) is 11.0 Å². The lowest BCUT2D eigenvalue weighted by molar-refractivity contribution is -0.131. The van der Waals surface area contributed by atoms with Gasteiger partial charge in [0.15, 0.2) is 0 Å². The molecule has 1 N–H and O–H groups in total. The fourth-order valence-electron chi connectivity index (χ4n) is 6.97. The molecule has 0 aromatic heterocycles. The van der Waals surface area contributed by atoms with Crippen molar-refractivity contribution >= 4 is 23.2 Å². The van der Waals surface area contributed by atoms with Gasteiger partial charge in [0.2, 0.25) is 5.91 Å². The highest BCUT2D eigenvalue weighted by Crippen LogP contribution is 2.62. The summed E-state index contributed by atoms with van der Waals surface area (Å²) in [7, 11) is 0. The molecule has 1 aromatic carbocycles. The predicted octanol–water partition coefficient (Wildman–Crippen LogP) is 6.09. The summed E-state index contributed by atoms with van der Waals surface area (Å²) < 4.78 is 0. The zero-order chi connectivity index (χ0) is 20.8. The van der Waals surface area contributed by atoms with Crippen molar-refractivity contribution in [2.45, 2.75) is 71.6 Å². The summed E-state index contributed by atoms with van der Waals surface area (Å²) in [6, 6.07) is 6.47. The summed E-state index contributed by atoms with van der Waals surface area (Å²) in [5.74, 6) is 2.54. The minimum absolute atomic E-state index is 0.0357. The standard InChI is InChI=1S/C25H35ClN2O/c1-4-28(5-2)23(29)11-7-17-15-22(27)25(3)13-12-20-19-10-8-18(26)14-16(19)6-9-21(20)24(17)25/h8,10,14,17,20-21,24,27H,4-7,9,11-13,15H2,1-3H3/t17-,20?,21?,24?,25-/m1/s1. The maximum atomic E-state index is 12.6. The number of hydrogen-bond donors (Lipinski definition) is 1. The van der Waals surface area contributed by atoms with Crippen molar-refractivity contribution in [2.75, 3.05) is 13.1 Å². The molecule has 1 amide bonds. The van der Waals surface area contributed by atoms with Gasteiger partial charge in [0.1, 0.15) is 0 Å². The second-order valence-electron chi connectivity index (χ2n) is 9.68. The van der Waals surface area contributed by atoms with Gasteiger partial charge in [-0.05, 0) is 99.3 Å². The van der Waals surface area contributed by atoms with Crippen LogP contribution in [-0.2, 0) is 11.2 Å². The molecule has 3 aliphatic carbocycles. The normalized spacial score (nSPS) is 33.0. The highest BCUT2D eigenvalue weighted by molar-refractivity contribution is 6.30. The highest BCUT2D eigenvalue weighted by Gasteiger charge is 2.56. The van der Waals surface area contributed by atoms with Gasteiger partial charge in [-0.15, -0.1) is 0 Å². The third-order valence-electron chi connectivity index (χ3n) is 8.45. The van der Waals surface area contributed by atoms with Gasteiger partial charge < -0.3 is 10.3 Å². The van der Waals surface area contributed by atoms with E-state index in [0.717, 1.165) is 49.5 Å². The van der Waals surface area contributed by atoms with E-state index >= 15 is 0 Å². The van der Waals surface area contributed by atoms with Gasteiger partial charge in [-0.25, -0.2) is 0 Å². The lowest BCUT2D eigenvalue weighted by Crippen LogP contribution is -2.44. The van der Waals surface area contributed by atoms with Crippen LogP contribution in [-0.4, -0.2) is 29.6 Å². The van der Waals surface area contributed by atoms with Crippen LogP contribution in [0.1, 0.15) is 76.3 Å². The van der Waals surface area contributed by atoms with Crippen molar-refractivity contribution in [3.05, 3.63) is 34.3 Å². The number of nitrogens with one attached hydrogen (secondary N) is 1. The number of fused-ring (bicyclic) bond motifs is 5. The molecule has 0 heterocycles. The molecular formula is C25H35ClN2O. The molecular weight excluding hydrogens is 380 g/mol. The predicted molar refractivity (Wildman–Crippen MR) is 120 cm³/mol. The minimum Gasteiger partial charge on any atom is -0.343 e. The Kier molecular flexibility index (Phi) is 5.81. The maximum Gasteiger partial charge on any atom is 0.222 e. The van der Waals surface area contributed by atoms with Crippen molar-refractivity contribution in [2.24, 2.45) is 23.2 Å². The van der Waals surface area contributed by atoms with E-state index in [1.54, 1.807) is 0 Å². The van der Waals surface area contributed by atoms with Gasteiger partial charge in [-0.1, -0.05) is 24.6 Å². The van der Waals surface area contributed by atoms with Crippen molar-refractivity contribution < 1.29 is 4.79 Å². The summed E-state index contributed by atoms with van der Waals surface area (Å²) in [5.41, 5.74) is 3.92. The van der Waals surface area contributed by atoms with Crippen LogP contribution in [0.25, 0.3) is 0 Å². The first-order chi connectivity index (χ1) is 13.9. The Hall–Kier alpha value is -1.35. The number of aryl methyl sites for hydroxylation is 1. The molecule has 158 valence electrons. The first-order valence-electron chi connectivity index (χ1n) is 11.5. The van der Waals surface area contributed by atoms with Gasteiger partial charge in [0.05, 0.1) is 0 Å². The topological polar surface area (TPSA) is 44.2 Å². The molecule has 3 unspecified atom stereocenters. The van der Waals surface area contributed by atoms with Crippen LogP contribution in [0.15, 0.2) is 18.2 Å². The molecule has 2 saturated carbocycles. The average molecular weight is 415 g/mol. The smallest absolute Gasteiger partial charge is 0.222 e. The number of carbonyl (C=O) groups is 1. The van der Waals surface area contributed by atoms with E-state index in [-0.39, 0.29) is 11.3 Å². The van der Waals surface area contributed by atoms with Gasteiger partial charge in [-0.3, -0.25) is 4.79 Å². The Morgan fingerprint density at radius 2 is 2.03 bits per heavy atom. The van der Waals surface area contributed by atoms with Crippen LogP contribution >= 0.6 is 11.6 Å². The number of hydrogen-bond acceptors (Lipinski definition) is 2. The molecule has 0 bridgehead atoms. The first kappa shape index (κ1) is 20.9. The molecule has 3 nitrogen and oxygen atoms in total. The Bertz CT molecular complexity index is 802. The van der Waals surface area contributed by atoms with Crippen molar-refractivity contribution in [3.8, 4) is 0 Å².